The Balaban J connectivity index is 0.763. The van der Waals surface area contributed by atoms with E-state index >= 15 is 9.59 Å². The minimum absolute atomic E-state index is 0.0131. The minimum Gasteiger partial charge on any atom is -0.488 e. The Morgan fingerprint density at radius 3 is 1.14 bits per heavy atom. The van der Waals surface area contributed by atoms with Crippen LogP contribution in [0.4, 0.5) is 0 Å². The molecule has 0 spiro atoms. The van der Waals surface area contributed by atoms with Crippen molar-refractivity contribution in [2.45, 2.75) is 321 Å². The van der Waals surface area contributed by atoms with Crippen molar-refractivity contribution >= 4 is 23.9 Å². The van der Waals surface area contributed by atoms with Crippen LogP contribution in [0, 0.1) is 22.7 Å². The van der Waals surface area contributed by atoms with Crippen molar-refractivity contribution in [2.24, 2.45) is 22.7 Å². The Kier molecular flexibility index (Phi) is 34.3. The molecule has 0 radical (unpaired) electrons. The predicted octanol–water partition coefficient (Wildman–Crippen LogP) is 23.1. The average molecular weight is 1660 g/mol. The van der Waals surface area contributed by atoms with Gasteiger partial charge in [0.2, 0.25) is 0 Å². The van der Waals surface area contributed by atoms with E-state index in [1.165, 1.54) is 0 Å². The summed E-state index contributed by atoms with van der Waals surface area (Å²) in [6.07, 6.45) is 16.9. The first-order chi connectivity index (χ1) is 59.4. The van der Waals surface area contributed by atoms with Crippen LogP contribution >= 0.6 is 0 Å². The van der Waals surface area contributed by atoms with Crippen LogP contribution in [0.3, 0.4) is 0 Å². The van der Waals surface area contributed by atoms with E-state index in [0.717, 1.165) is 160 Å². The Hall–Kier alpha value is -9.00. The zero-order chi connectivity index (χ0) is 84.9. The Bertz CT molecular complexity index is 4470. The van der Waals surface area contributed by atoms with Crippen LogP contribution in [0.2, 0.25) is 0 Å². The molecule has 16 nitrogen and oxygen atoms in total. The maximum absolute atomic E-state index is 15.8. The second kappa shape index (κ2) is 46.1. The van der Waals surface area contributed by atoms with Crippen LogP contribution < -0.4 is 9.47 Å². The van der Waals surface area contributed by atoms with E-state index in [0.29, 0.717) is 87.2 Å². The lowest BCUT2D eigenvalue weighted by Gasteiger charge is -2.40. The number of hydrogen-bond donors (Lipinski definition) is 0. The highest BCUT2D eigenvalue weighted by Crippen LogP contribution is 2.42. The van der Waals surface area contributed by atoms with Gasteiger partial charge in [-0.15, -0.1) is 0 Å². The van der Waals surface area contributed by atoms with Crippen molar-refractivity contribution in [3.05, 3.63) is 274 Å². The fourth-order valence-corrected chi connectivity index (χ4v) is 18.3. The lowest BCUT2D eigenvalue weighted by Crippen LogP contribution is -2.45. The normalized spacial score (nSPS) is 24.3. The number of rotatable bonds is 28. The number of carbonyl (C=O) groups is 4. The molecule has 652 valence electrons. The smallest absolute Gasteiger partial charge is 0.342 e. The molecule has 0 amide bonds. The van der Waals surface area contributed by atoms with Gasteiger partial charge in [-0.1, -0.05) is 239 Å². The van der Waals surface area contributed by atoms with Gasteiger partial charge in [0.25, 0.3) is 0 Å². The first-order valence-electron chi connectivity index (χ1n) is 45.8. The molecule has 8 aromatic rings. The number of ether oxygens (including phenoxy) is 12. The van der Waals surface area contributed by atoms with Crippen molar-refractivity contribution in [1.82, 2.24) is 0 Å². The number of fused-ring (bicyclic) bond motifs is 5. The second-order valence-corrected chi connectivity index (χ2v) is 36.2. The SMILES string of the molecule is C[C@H]1CCCCC[C@H]2O[C@H]2CCCc2cccc(OCc3ccccc3)c2C(=O)O[C@H](C[C@H](C[C@@H]2CCC[C@H](C(C)(C)C(=O)OCc3ccccc3)O2)OCc2ccccc2)[C@@H](C)CC[C@@H]2CCC[C@H](CCCc3cccc(OCc4ccccc4)c3C(=O)O[C@@H]1C[C@H](C[C@@H]1CCC[C@H](C(C)(C)C(=O)OCc3ccccc3)O1)OCc1ccccc1)O2. The van der Waals surface area contributed by atoms with Gasteiger partial charge in [0, 0.05) is 12.8 Å². The summed E-state index contributed by atoms with van der Waals surface area (Å²) in [7, 11) is 0. The number of cyclic esters (lactones) is 2. The number of hydrogen-bond acceptors (Lipinski definition) is 16. The van der Waals surface area contributed by atoms with E-state index in [9.17, 15) is 9.59 Å². The van der Waals surface area contributed by atoms with E-state index in [4.69, 9.17) is 56.8 Å². The topological polar surface area (TPSA) is 182 Å². The van der Waals surface area contributed by atoms with Crippen molar-refractivity contribution in [1.29, 1.82) is 0 Å². The molecule has 13 rings (SSSR count). The van der Waals surface area contributed by atoms with Crippen molar-refractivity contribution in [3.63, 3.8) is 0 Å². The first kappa shape index (κ1) is 90.7. The lowest BCUT2D eigenvalue weighted by molar-refractivity contribution is -0.176. The maximum atomic E-state index is 15.8. The molecule has 4 saturated heterocycles. The second-order valence-electron chi connectivity index (χ2n) is 36.2. The lowest BCUT2D eigenvalue weighted by atomic mass is 9.81. The molecule has 8 aromatic carbocycles. The van der Waals surface area contributed by atoms with Gasteiger partial charge in [0.1, 0.15) is 61.3 Å². The highest BCUT2D eigenvalue weighted by Gasteiger charge is 2.46. The molecule has 5 heterocycles. The van der Waals surface area contributed by atoms with Gasteiger partial charge in [-0.3, -0.25) is 9.59 Å². The third-order valence-electron chi connectivity index (χ3n) is 26.0. The van der Waals surface area contributed by atoms with Gasteiger partial charge < -0.3 is 56.8 Å². The van der Waals surface area contributed by atoms with E-state index in [1.54, 1.807) is 0 Å². The molecular formula is C106H132O16. The summed E-state index contributed by atoms with van der Waals surface area (Å²) < 4.78 is 81.4. The Morgan fingerprint density at radius 2 is 0.705 bits per heavy atom. The van der Waals surface area contributed by atoms with E-state index in [1.807, 2.05) is 210 Å². The average Bonchev–Trinajstić information content (AvgIpc) is 1.28. The highest BCUT2D eigenvalue weighted by atomic mass is 16.6. The third kappa shape index (κ3) is 27.3. The minimum atomic E-state index is -0.922. The number of epoxide rings is 1. The molecule has 0 N–H and O–H groups in total. The van der Waals surface area contributed by atoms with Crippen LogP contribution in [-0.2, 0) is 109 Å². The van der Waals surface area contributed by atoms with Crippen LogP contribution in [0.25, 0.3) is 0 Å². The summed E-state index contributed by atoms with van der Waals surface area (Å²) >= 11 is 0. The molecule has 16 heteroatoms. The van der Waals surface area contributed by atoms with E-state index < -0.39 is 41.1 Å². The zero-order valence-corrected chi connectivity index (χ0v) is 73.0. The number of aryl methyl sites for hydroxylation is 2. The summed E-state index contributed by atoms with van der Waals surface area (Å²) in [5.41, 5.74) is 6.68. The van der Waals surface area contributed by atoms with Gasteiger partial charge in [-0.2, -0.15) is 0 Å². The first-order valence-corrected chi connectivity index (χ1v) is 45.8. The molecule has 0 unspecified atom stereocenters. The molecule has 14 atom stereocenters. The fraction of sp³-hybridized carbons (Fsp3) is 0.509. The van der Waals surface area contributed by atoms with Gasteiger partial charge in [0.05, 0.1) is 85.1 Å². The standard InChI is InChI=1S/C106H132O16/c1-75-35-14-7-27-57-91-92(120-91)58-29-49-84-51-31-60-94(114-72-80-42-21-11-22-43-80)100(84)102(108)122-96(68-90(112-70-78-38-17-9-18-39-78)66-88-56-34-62-98(119-88)106(5,6)104(110)116-74-82-46-25-13-26-47-82)76(2)63-64-86-54-32-53-85(117-86)52-28-48-83-50-30-59-93(113-71-79-40-19-10-20-41-79)99(83)101(107)121-95(75)67-89(111-69-77-36-15-8-16-37-77)65-87-55-33-61-97(118-87)105(3,4)103(109)115-73-81-44-23-12-24-45-81/h8-13,15-26,30-31,36-47,50-51,59-60,75-76,85-92,95-98H,7,14,27-29,32-35,48-49,52-58,61-74H2,1-6H3/t75-,76-,85-,86-,87-,88-,89-,90-,91+,92-,95+,96+,97+,98+/m0/s1. The van der Waals surface area contributed by atoms with Crippen LogP contribution in [0.5, 0.6) is 11.5 Å². The zero-order valence-electron chi connectivity index (χ0n) is 73.0. The summed E-state index contributed by atoms with van der Waals surface area (Å²) in [6.45, 7) is 13.8. The molecule has 0 aliphatic carbocycles. The van der Waals surface area contributed by atoms with Crippen molar-refractivity contribution in [3.8, 4) is 11.5 Å². The molecule has 5 aliphatic heterocycles. The Morgan fingerprint density at radius 1 is 0.344 bits per heavy atom. The molecule has 4 fully saturated rings. The molecular weight excluding hydrogens is 1530 g/mol. The molecule has 0 saturated carbocycles. The number of carbonyl (C=O) groups excluding carboxylic acids is 4. The third-order valence-corrected chi connectivity index (χ3v) is 26.0. The predicted molar refractivity (Wildman–Crippen MR) is 474 cm³/mol. The quantitative estimate of drug-likeness (QED) is 0.0256. The van der Waals surface area contributed by atoms with Gasteiger partial charge in [-0.05, 0) is 231 Å². The molecule has 5 aliphatic rings. The van der Waals surface area contributed by atoms with E-state index in [2.05, 4.69) is 50.2 Å². The summed E-state index contributed by atoms with van der Waals surface area (Å²) in [5.74, 6) is -0.666. The number of esters is 4. The van der Waals surface area contributed by atoms with Gasteiger partial charge in [0.15, 0.2) is 0 Å². The largest absolute Gasteiger partial charge is 0.488 e. The van der Waals surface area contributed by atoms with Crippen LogP contribution in [-0.4, -0.2) is 97.1 Å². The molecule has 2 bridgehead atoms. The van der Waals surface area contributed by atoms with Gasteiger partial charge >= 0.3 is 23.9 Å². The Labute approximate surface area is 725 Å². The van der Waals surface area contributed by atoms with Gasteiger partial charge in [-0.25, -0.2) is 9.59 Å². The number of benzene rings is 8. The molecule has 122 heavy (non-hydrogen) atoms. The van der Waals surface area contributed by atoms with E-state index in [-0.39, 0.29) is 105 Å². The maximum Gasteiger partial charge on any atom is 0.342 e. The van der Waals surface area contributed by atoms with Crippen LogP contribution in [0.15, 0.2) is 218 Å². The summed E-state index contributed by atoms with van der Waals surface area (Å²) in [6, 6.07) is 72.0. The summed E-state index contributed by atoms with van der Waals surface area (Å²) in [5, 5.41) is 0. The van der Waals surface area contributed by atoms with Crippen molar-refractivity contribution in [2.75, 3.05) is 0 Å². The van der Waals surface area contributed by atoms with Crippen LogP contribution in [0.1, 0.15) is 261 Å². The monoisotopic (exact) mass is 1660 g/mol. The summed E-state index contributed by atoms with van der Waals surface area (Å²) in [4.78, 5) is 59.7. The highest BCUT2D eigenvalue weighted by molar-refractivity contribution is 5.95. The molecule has 0 aromatic heterocycles. The van der Waals surface area contributed by atoms with Crippen molar-refractivity contribution < 1.29 is 76.0 Å². The fourth-order valence-electron chi connectivity index (χ4n) is 18.3.